The zero-order valence-electron chi connectivity index (χ0n) is 11.5. The summed E-state index contributed by atoms with van der Waals surface area (Å²) < 4.78 is 0. The molecule has 2 aromatic rings. The topological polar surface area (TPSA) is 39.9 Å². The van der Waals surface area contributed by atoms with Gasteiger partial charge in [0, 0.05) is 24.2 Å². The Labute approximate surface area is 127 Å². The lowest BCUT2D eigenvalue weighted by molar-refractivity contribution is 0.587. The summed E-state index contributed by atoms with van der Waals surface area (Å²) in [4.78, 5) is 6.55. The van der Waals surface area contributed by atoms with Crippen molar-refractivity contribution in [3.63, 3.8) is 0 Å². The second kappa shape index (κ2) is 5.78. The normalized spacial score (nSPS) is 15.9. The average Bonchev–Trinajstić information content (AvgIpc) is 3.00. The van der Waals surface area contributed by atoms with Crippen LogP contribution in [0.4, 0.5) is 0 Å². The largest absolute Gasteiger partial charge is 0.350 e. The first-order valence-corrected chi connectivity index (χ1v) is 7.41. The molecule has 2 heterocycles. The number of nitriles is 1. The van der Waals surface area contributed by atoms with Crippen LogP contribution < -0.4 is 0 Å². The van der Waals surface area contributed by atoms with E-state index in [1.165, 1.54) is 11.3 Å². The first-order valence-electron chi connectivity index (χ1n) is 6.53. The van der Waals surface area contributed by atoms with E-state index in [0.29, 0.717) is 5.57 Å². The highest BCUT2D eigenvalue weighted by Gasteiger charge is 2.15. The Morgan fingerprint density at radius 2 is 2.05 bits per heavy atom. The van der Waals surface area contributed by atoms with Gasteiger partial charge < -0.3 is 4.90 Å². The van der Waals surface area contributed by atoms with E-state index in [4.69, 9.17) is 0 Å². The lowest BCUT2D eigenvalue weighted by Gasteiger charge is -2.18. The van der Waals surface area contributed by atoms with Gasteiger partial charge in [-0.3, -0.25) is 0 Å². The fourth-order valence-corrected chi connectivity index (χ4v) is 2.96. The number of allylic oxidation sites excluding steroid dienone is 4. The number of hydrogen-bond acceptors (Lipinski definition) is 4. The maximum atomic E-state index is 9.50. The summed E-state index contributed by atoms with van der Waals surface area (Å²) in [6.07, 6.45) is 7.73. The Kier molecular flexibility index (Phi) is 3.67. The highest BCUT2D eigenvalue weighted by Crippen LogP contribution is 2.29. The SMILES string of the molecule is CN1C=CC=C/C1=C(/C#N)c1nc(-c2ccccc2)cs1. The minimum atomic E-state index is 0.602. The van der Waals surface area contributed by atoms with Crippen molar-refractivity contribution in [2.24, 2.45) is 0 Å². The molecule has 0 radical (unpaired) electrons. The van der Waals surface area contributed by atoms with E-state index in [1.54, 1.807) is 0 Å². The summed E-state index contributed by atoms with van der Waals surface area (Å²) in [6.45, 7) is 0. The first-order chi connectivity index (χ1) is 10.3. The van der Waals surface area contributed by atoms with Crippen molar-refractivity contribution < 1.29 is 0 Å². The zero-order chi connectivity index (χ0) is 14.7. The van der Waals surface area contributed by atoms with Gasteiger partial charge in [0.05, 0.1) is 11.4 Å². The van der Waals surface area contributed by atoms with Crippen molar-refractivity contribution in [1.29, 1.82) is 5.26 Å². The van der Waals surface area contributed by atoms with E-state index in [2.05, 4.69) is 11.1 Å². The molecule has 0 saturated heterocycles. The molecule has 0 N–H and O–H groups in total. The van der Waals surface area contributed by atoms with Crippen LogP contribution in [0.1, 0.15) is 5.01 Å². The van der Waals surface area contributed by atoms with Crippen molar-refractivity contribution in [3.8, 4) is 17.3 Å². The number of thiazole rings is 1. The summed E-state index contributed by atoms with van der Waals surface area (Å²) in [5.41, 5.74) is 3.44. The van der Waals surface area contributed by atoms with Gasteiger partial charge in [0.15, 0.2) is 0 Å². The predicted octanol–water partition coefficient (Wildman–Crippen LogP) is 4.06. The van der Waals surface area contributed by atoms with Gasteiger partial charge >= 0.3 is 0 Å². The fraction of sp³-hybridized carbons (Fsp3) is 0.0588. The van der Waals surface area contributed by atoms with Crippen LogP contribution >= 0.6 is 11.3 Å². The fourth-order valence-electron chi connectivity index (χ4n) is 2.13. The Morgan fingerprint density at radius 1 is 1.24 bits per heavy atom. The molecule has 1 aromatic carbocycles. The number of nitrogens with zero attached hydrogens (tertiary/aromatic N) is 3. The van der Waals surface area contributed by atoms with Crippen molar-refractivity contribution in [3.05, 3.63) is 70.8 Å². The summed E-state index contributed by atoms with van der Waals surface area (Å²) in [7, 11) is 1.93. The van der Waals surface area contributed by atoms with Crippen LogP contribution in [0.5, 0.6) is 0 Å². The summed E-state index contributed by atoms with van der Waals surface area (Å²) in [5, 5.41) is 12.2. The molecule has 3 nitrogen and oxygen atoms in total. The van der Waals surface area contributed by atoms with Crippen molar-refractivity contribution in [1.82, 2.24) is 9.88 Å². The lowest BCUT2D eigenvalue weighted by atomic mass is 10.1. The molecule has 1 aliphatic rings. The average molecular weight is 291 g/mol. The van der Waals surface area contributed by atoms with Crippen LogP contribution in [0, 0.1) is 11.3 Å². The summed E-state index contributed by atoms with van der Waals surface area (Å²) in [6, 6.07) is 12.3. The van der Waals surface area contributed by atoms with Crippen molar-refractivity contribution in [2.75, 3.05) is 7.05 Å². The summed E-state index contributed by atoms with van der Waals surface area (Å²) >= 11 is 1.50. The van der Waals surface area contributed by atoms with Gasteiger partial charge in [-0.1, -0.05) is 36.4 Å². The van der Waals surface area contributed by atoms with Crippen molar-refractivity contribution >= 4 is 16.9 Å². The third-order valence-corrected chi connectivity index (χ3v) is 4.07. The van der Waals surface area contributed by atoms with Crippen LogP contribution in [-0.2, 0) is 0 Å². The van der Waals surface area contributed by atoms with Crippen LogP contribution in [0.25, 0.3) is 16.8 Å². The highest BCUT2D eigenvalue weighted by molar-refractivity contribution is 7.11. The maximum Gasteiger partial charge on any atom is 0.136 e. The molecular formula is C17H13N3S. The molecule has 1 aliphatic heterocycles. The van der Waals surface area contributed by atoms with Crippen LogP contribution in [-0.4, -0.2) is 16.9 Å². The van der Waals surface area contributed by atoms with E-state index in [9.17, 15) is 5.26 Å². The van der Waals surface area contributed by atoms with Gasteiger partial charge in [0.1, 0.15) is 16.6 Å². The first kappa shape index (κ1) is 13.3. The Hall–Kier alpha value is -2.64. The second-order valence-corrected chi connectivity index (χ2v) is 5.45. The Balaban J connectivity index is 2.03. The molecule has 0 aliphatic carbocycles. The molecule has 0 fully saturated rings. The number of hydrogen-bond donors (Lipinski definition) is 0. The number of aromatic nitrogens is 1. The van der Waals surface area contributed by atoms with Gasteiger partial charge in [0.25, 0.3) is 0 Å². The molecule has 0 unspecified atom stereocenters. The van der Waals surface area contributed by atoms with E-state index in [-0.39, 0.29) is 0 Å². The molecule has 0 atom stereocenters. The van der Waals surface area contributed by atoms with Crippen LogP contribution in [0.3, 0.4) is 0 Å². The lowest BCUT2D eigenvalue weighted by Crippen LogP contribution is -2.12. The Bertz CT molecular complexity index is 776. The quantitative estimate of drug-likeness (QED) is 0.783. The molecule has 4 heteroatoms. The Morgan fingerprint density at radius 3 is 2.76 bits per heavy atom. The van der Waals surface area contributed by atoms with E-state index in [0.717, 1.165) is 22.0 Å². The predicted molar refractivity (Wildman–Crippen MR) is 86.1 cm³/mol. The smallest absolute Gasteiger partial charge is 0.136 e. The van der Waals surface area contributed by atoms with Gasteiger partial charge in [-0.2, -0.15) is 5.26 Å². The van der Waals surface area contributed by atoms with Gasteiger partial charge in [-0.05, 0) is 12.2 Å². The molecular weight excluding hydrogens is 278 g/mol. The van der Waals surface area contributed by atoms with E-state index < -0.39 is 0 Å². The maximum absolute atomic E-state index is 9.50. The number of likely N-dealkylation sites (N-methyl/N-ethyl adjacent to an activating group) is 1. The van der Waals surface area contributed by atoms with Crippen molar-refractivity contribution in [2.45, 2.75) is 0 Å². The minimum Gasteiger partial charge on any atom is -0.350 e. The second-order valence-electron chi connectivity index (χ2n) is 4.59. The highest BCUT2D eigenvalue weighted by atomic mass is 32.1. The zero-order valence-corrected chi connectivity index (χ0v) is 12.3. The van der Waals surface area contributed by atoms with E-state index >= 15 is 0 Å². The van der Waals surface area contributed by atoms with Gasteiger partial charge in [0.2, 0.25) is 0 Å². The molecule has 0 spiro atoms. The molecule has 0 bridgehead atoms. The summed E-state index contributed by atoms with van der Waals surface area (Å²) in [5.74, 6) is 0. The van der Waals surface area contributed by atoms with Crippen LogP contribution in [0.2, 0.25) is 0 Å². The molecule has 0 saturated carbocycles. The molecule has 21 heavy (non-hydrogen) atoms. The van der Waals surface area contributed by atoms with Gasteiger partial charge in [-0.15, -0.1) is 11.3 Å². The molecule has 0 amide bonds. The molecule has 1 aromatic heterocycles. The molecule has 102 valence electrons. The minimum absolute atomic E-state index is 0.602. The number of rotatable bonds is 2. The third kappa shape index (κ3) is 2.64. The monoisotopic (exact) mass is 291 g/mol. The molecule has 3 rings (SSSR count). The van der Waals surface area contributed by atoms with Crippen LogP contribution in [0.15, 0.2) is 65.8 Å². The standard InChI is InChI=1S/C17H13N3S/c1-20-10-6-5-9-16(20)14(11-18)17-19-15(12-21-17)13-7-3-2-4-8-13/h2-10,12H,1H3/b16-14+. The van der Waals surface area contributed by atoms with E-state index in [1.807, 2.05) is 72.1 Å². The third-order valence-electron chi connectivity index (χ3n) is 3.21. The number of benzene rings is 1. The van der Waals surface area contributed by atoms with Gasteiger partial charge in [-0.25, -0.2) is 4.98 Å².